The van der Waals surface area contributed by atoms with Crippen molar-refractivity contribution in [1.29, 1.82) is 0 Å². The fourth-order valence-corrected chi connectivity index (χ4v) is 3.07. The van der Waals surface area contributed by atoms with E-state index in [-0.39, 0.29) is 11.2 Å². The molecular weight excluding hydrogens is 174 g/mol. The molecule has 0 aromatic carbocycles. The minimum absolute atomic E-state index is 0.000139. The van der Waals surface area contributed by atoms with E-state index in [4.69, 9.17) is 4.74 Å². The number of rotatable bonds is 0. The van der Waals surface area contributed by atoms with Crippen LogP contribution in [0, 0.1) is 5.41 Å². The highest BCUT2D eigenvalue weighted by molar-refractivity contribution is 5.05. The van der Waals surface area contributed by atoms with Crippen LogP contribution in [0.3, 0.4) is 0 Å². The molecule has 14 heavy (non-hydrogen) atoms. The molecule has 1 aliphatic heterocycles. The monoisotopic (exact) mass is 197 g/mol. The molecule has 1 atom stereocenters. The molecular formula is C12H23NO. The summed E-state index contributed by atoms with van der Waals surface area (Å²) in [6.45, 7) is 11.1. The van der Waals surface area contributed by atoms with Crippen molar-refractivity contribution in [1.82, 2.24) is 5.32 Å². The van der Waals surface area contributed by atoms with E-state index in [9.17, 15) is 0 Å². The first-order valence-electron chi connectivity index (χ1n) is 5.78. The van der Waals surface area contributed by atoms with Crippen molar-refractivity contribution in [2.45, 2.75) is 58.2 Å². The summed E-state index contributed by atoms with van der Waals surface area (Å²) in [6.07, 6.45) is 3.83. The van der Waals surface area contributed by atoms with Crippen molar-refractivity contribution < 1.29 is 4.74 Å². The largest absolute Gasteiger partial charge is 0.366 e. The summed E-state index contributed by atoms with van der Waals surface area (Å²) in [6, 6.07) is 0. The molecule has 2 heteroatoms. The lowest BCUT2D eigenvalue weighted by Crippen LogP contribution is -2.62. The van der Waals surface area contributed by atoms with Gasteiger partial charge in [0, 0.05) is 13.1 Å². The SMILES string of the molecule is CC1(C)CNCC2(CCCC2(C)C)O1. The van der Waals surface area contributed by atoms with Gasteiger partial charge in [0.15, 0.2) is 0 Å². The van der Waals surface area contributed by atoms with Crippen LogP contribution >= 0.6 is 0 Å². The maximum atomic E-state index is 6.38. The maximum absolute atomic E-state index is 6.38. The average Bonchev–Trinajstić information content (AvgIpc) is 2.25. The van der Waals surface area contributed by atoms with Gasteiger partial charge in [-0.05, 0) is 38.5 Å². The van der Waals surface area contributed by atoms with E-state index in [1.54, 1.807) is 0 Å². The predicted octanol–water partition coefficient (Wildman–Crippen LogP) is 2.33. The predicted molar refractivity (Wildman–Crippen MR) is 58.4 cm³/mol. The van der Waals surface area contributed by atoms with Crippen LogP contribution in [-0.4, -0.2) is 24.3 Å². The molecule has 0 bridgehead atoms. The molecule has 1 saturated carbocycles. The van der Waals surface area contributed by atoms with Crippen LogP contribution in [0.2, 0.25) is 0 Å². The second-order valence-electron chi connectivity index (χ2n) is 6.20. The Balaban J connectivity index is 2.23. The van der Waals surface area contributed by atoms with Gasteiger partial charge in [0.2, 0.25) is 0 Å². The highest BCUT2D eigenvalue weighted by atomic mass is 16.5. The maximum Gasteiger partial charge on any atom is 0.0864 e. The first-order valence-corrected chi connectivity index (χ1v) is 5.78. The third-order valence-electron chi connectivity index (χ3n) is 4.05. The van der Waals surface area contributed by atoms with Gasteiger partial charge in [-0.15, -0.1) is 0 Å². The normalized spacial score (nSPS) is 40.3. The van der Waals surface area contributed by atoms with E-state index in [0.29, 0.717) is 5.41 Å². The molecule has 2 nitrogen and oxygen atoms in total. The number of ether oxygens (including phenoxy) is 1. The molecule has 1 saturated heterocycles. The quantitative estimate of drug-likeness (QED) is 0.643. The summed E-state index contributed by atoms with van der Waals surface area (Å²) in [5.41, 5.74) is 0.423. The van der Waals surface area contributed by atoms with Crippen LogP contribution in [0.5, 0.6) is 0 Å². The molecule has 1 unspecified atom stereocenters. The number of nitrogens with one attached hydrogen (secondary N) is 1. The summed E-state index contributed by atoms with van der Waals surface area (Å²) in [5.74, 6) is 0. The number of morpholine rings is 1. The molecule has 2 aliphatic rings. The van der Waals surface area contributed by atoms with E-state index in [1.807, 2.05) is 0 Å². The van der Waals surface area contributed by atoms with Crippen LogP contribution in [0.25, 0.3) is 0 Å². The summed E-state index contributed by atoms with van der Waals surface area (Å²) in [5, 5.41) is 3.54. The van der Waals surface area contributed by atoms with E-state index in [1.165, 1.54) is 19.3 Å². The summed E-state index contributed by atoms with van der Waals surface area (Å²) in [7, 11) is 0. The van der Waals surface area contributed by atoms with Crippen molar-refractivity contribution in [3.8, 4) is 0 Å². The molecule has 1 spiro atoms. The van der Waals surface area contributed by atoms with Crippen molar-refractivity contribution >= 4 is 0 Å². The Morgan fingerprint density at radius 3 is 2.21 bits per heavy atom. The molecule has 0 aromatic heterocycles. The minimum Gasteiger partial charge on any atom is -0.366 e. The first kappa shape index (κ1) is 10.4. The van der Waals surface area contributed by atoms with Gasteiger partial charge in [-0.1, -0.05) is 13.8 Å². The van der Waals surface area contributed by atoms with Crippen molar-refractivity contribution in [2.24, 2.45) is 5.41 Å². The number of hydrogen-bond donors (Lipinski definition) is 1. The zero-order valence-corrected chi connectivity index (χ0v) is 9.94. The third kappa shape index (κ3) is 1.49. The van der Waals surface area contributed by atoms with E-state index in [0.717, 1.165) is 13.1 Å². The van der Waals surface area contributed by atoms with Gasteiger partial charge in [-0.3, -0.25) is 0 Å². The summed E-state index contributed by atoms with van der Waals surface area (Å²) in [4.78, 5) is 0. The Kier molecular flexibility index (Phi) is 2.20. The van der Waals surface area contributed by atoms with Crippen molar-refractivity contribution in [3.05, 3.63) is 0 Å². The fraction of sp³-hybridized carbons (Fsp3) is 1.00. The Labute approximate surface area is 87.4 Å². The molecule has 82 valence electrons. The minimum atomic E-state index is -0.000139. The second-order valence-corrected chi connectivity index (χ2v) is 6.20. The van der Waals surface area contributed by atoms with Crippen LogP contribution in [0.15, 0.2) is 0 Å². The summed E-state index contributed by atoms with van der Waals surface area (Å²) >= 11 is 0. The smallest absolute Gasteiger partial charge is 0.0864 e. The highest BCUT2D eigenvalue weighted by Crippen LogP contribution is 2.50. The Morgan fingerprint density at radius 1 is 1.00 bits per heavy atom. The zero-order chi connectivity index (χ0) is 10.4. The first-order chi connectivity index (χ1) is 6.37. The average molecular weight is 197 g/mol. The molecule has 0 radical (unpaired) electrons. The lowest BCUT2D eigenvalue weighted by molar-refractivity contribution is -0.198. The van der Waals surface area contributed by atoms with Gasteiger partial charge in [0.25, 0.3) is 0 Å². The molecule has 2 rings (SSSR count). The van der Waals surface area contributed by atoms with Gasteiger partial charge in [0.1, 0.15) is 0 Å². The standard InChI is InChI=1S/C12H23NO/c1-10(2)6-5-7-12(10)9-13-8-11(3,4)14-12/h13H,5-9H2,1-4H3. The van der Waals surface area contributed by atoms with Gasteiger partial charge in [0.05, 0.1) is 11.2 Å². The fourth-order valence-electron chi connectivity index (χ4n) is 3.07. The van der Waals surface area contributed by atoms with Crippen LogP contribution in [-0.2, 0) is 4.74 Å². The highest BCUT2D eigenvalue weighted by Gasteiger charge is 2.53. The van der Waals surface area contributed by atoms with Gasteiger partial charge < -0.3 is 10.1 Å². The van der Waals surface area contributed by atoms with Crippen LogP contribution < -0.4 is 5.32 Å². The zero-order valence-electron chi connectivity index (χ0n) is 9.94. The molecule has 0 aromatic rings. The Hall–Kier alpha value is -0.0800. The van der Waals surface area contributed by atoms with E-state index >= 15 is 0 Å². The van der Waals surface area contributed by atoms with E-state index in [2.05, 4.69) is 33.0 Å². The van der Waals surface area contributed by atoms with E-state index < -0.39 is 0 Å². The second kappa shape index (κ2) is 2.96. The molecule has 1 aliphatic carbocycles. The van der Waals surface area contributed by atoms with Gasteiger partial charge in [-0.25, -0.2) is 0 Å². The third-order valence-corrected chi connectivity index (χ3v) is 4.05. The van der Waals surface area contributed by atoms with Crippen molar-refractivity contribution in [3.63, 3.8) is 0 Å². The molecule has 2 fully saturated rings. The van der Waals surface area contributed by atoms with Gasteiger partial charge in [-0.2, -0.15) is 0 Å². The van der Waals surface area contributed by atoms with Crippen molar-refractivity contribution in [2.75, 3.05) is 13.1 Å². The number of hydrogen-bond acceptors (Lipinski definition) is 2. The Bertz CT molecular complexity index is 234. The Morgan fingerprint density at radius 2 is 1.71 bits per heavy atom. The molecule has 1 heterocycles. The topological polar surface area (TPSA) is 21.3 Å². The van der Waals surface area contributed by atoms with Crippen LogP contribution in [0.4, 0.5) is 0 Å². The summed E-state index contributed by atoms with van der Waals surface area (Å²) < 4.78 is 6.38. The molecule has 0 amide bonds. The van der Waals surface area contributed by atoms with Crippen LogP contribution in [0.1, 0.15) is 47.0 Å². The lowest BCUT2D eigenvalue weighted by atomic mass is 9.76. The van der Waals surface area contributed by atoms with Gasteiger partial charge >= 0.3 is 0 Å². The lowest BCUT2D eigenvalue weighted by Gasteiger charge is -2.50. The molecule has 1 N–H and O–H groups in total.